The fraction of sp³-hybridized carbons (Fsp3) is 0.333. The van der Waals surface area contributed by atoms with Crippen LogP contribution in [-0.4, -0.2) is 74.0 Å². The molecule has 2 aliphatic rings. The summed E-state index contributed by atoms with van der Waals surface area (Å²) in [5, 5.41) is 0. The Morgan fingerprint density at radius 1 is 1.09 bits per heavy atom. The van der Waals surface area contributed by atoms with Crippen molar-refractivity contribution in [2.45, 2.75) is 10.9 Å². The Hall–Kier alpha value is -2.63. The molecule has 0 spiro atoms. The summed E-state index contributed by atoms with van der Waals surface area (Å²) in [5.74, 6) is -0.443. The Morgan fingerprint density at radius 2 is 1.84 bits per heavy atom. The van der Waals surface area contributed by atoms with E-state index in [0.717, 1.165) is 6.07 Å². The number of ether oxygens (including phenoxy) is 1. The Bertz CT molecular complexity index is 1120. The van der Waals surface area contributed by atoms with Gasteiger partial charge < -0.3 is 14.5 Å². The number of halogens is 1. The summed E-state index contributed by atoms with van der Waals surface area (Å²) in [6.45, 7) is 1.90. The van der Waals surface area contributed by atoms with E-state index in [-0.39, 0.29) is 22.1 Å². The molecule has 2 amide bonds. The highest BCUT2D eigenvalue weighted by atomic mass is 32.2. The molecule has 32 heavy (non-hydrogen) atoms. The highest BCUT2D eigenvalue weighted by Crippen LogP contribution is 2.26. The number of carbonyl (C=O) groups excluding carboxylic acids is 2. The predicted octanol–water partition coefficient (Wildman–Crippen LogP) is 2.00. The number of thioether (sulfide) groups is 1. The molecule has 0 bridgehead atoms. The van der Waals surface area contributed by atoms with Crippen LogP contribution in [0.5, 0.6) is 0 Å². The molecule has 2 aromatic carbocycles. The van der Waals surface area contributed by atoms with E-state index in [2.05, 4.69) is 4.72 Å². The number of amides is 2. The lowest BCUT2D eigenvalue weighted by atomic mass is 10.1. The number of para-hydroxylation sites is 1. The van der Waals surface area contributed by atoms with E-state index in [9.17, 15) is 22.4 Å². The second-order valence-corrected chi connectivity index (χ2v) is 10.0. The van der Waals surface area contributed by atoms with Crippen molar-refractivity contribution in [1.29, 1.82) is 0 Å². The van der Waals surface area contributed by atoms with Gasteiger partial charge in [-0.25, -0.2) is 12.8 Å². The van der Waals surface area contributed by atoms with Crippen molar-refractivity contribution in [2.75, 3.05) is 42.7 Å². The number of carbonyl (C=O) groups is 2. The molecule has 0 radical (unpaired) electrons. The van der Waals surface area contributed by atoms with Gasteiger partial charge in [0, 0.05) is 24.4 Å². The van der Waals surface area contributed by atoms with Crippen LogP contribution in [0.15, 0.2) is 53.4 Å². The zero-order chi connectivity index (χ0) is 22.7. The molecule has 4 rings (SSSR count). The van der Waals surface area contributed by atoms with Crippen molar-refractivity contribution in [3.05, 3.63) is 59.9 Å². The van der Waals surface area contributed by atoms with Gasteiger partial charge in [-0.05, 0) is 30.3 Å². The van der Waals surface area contributed by atoms with Gasteiger partial charge in [0.1, 0.15) is 11.9 Å². The van der Waals surface area contributed by atoms with Crippen LogP contribution in [0.3, 0.4) is 0 Å². The first-order valence-corrected chi connectivity index (χ1v) is 12.6. The molecule has 8 nitrogen and oxygen atoms in total. The lowest BCUT2D eigenvalue weighted by Crippen LogP contribution is -2.52. The molecular weight excluding hydrogens is 457 g/mol. The normalized spacial score (nSPS) is 19.1. The molecule has 2 fully saturated rings. The minimum absolute atomic E-state index is 0.128. The van der Waals surface area contributed by atoms with Gasteiger partial charge in [0.05, 0.1) is 29.7 Å². The Morgan fingerprint density at radius 3 is 2.59 bits per heavy atom. The van der Waals surface area contributed by atoms with Gasteiger partial charge in [-0.15, -0.1) is 11.8 Å². The first-order chi connectivity index (χ1) is 15.4. The van der Waals surface area contributed by atoms with Crippen molar-refractivity contribution in [2.24, 2.45) is 0 Å². The molecule has 0 aromatic heterocycles. The summed E-state index contributed by atoms with van der Waals surface area (Å²) in [5.41, 5.74) is -0.0416. The molecule has 2 heterocycles. The average Bonchev–Trinajstić information content (AvgIpc) is 3.30. The quantitative estimate of drug-likeness (QED) is 0.705. The maximum Gasteiger partial charge on any atom is 0.262 e. The van der Waals surface area contributed by atoms with Crippen molar-refractivity contribution < 1.29 is 27.1 Å². The Balaban J connectivity index is 1.54. The third kappa shape index (κ3) is 4.74. The number of sulfonamides is 1. The van der Waals surface area contributed by atoms with E-state index in [0.29, 0.717) is 37.9 Å². The monoisotopic (exact) mass is 479 g/mol. The minimum Gasteiger partial charge on any atom is -0.378 e. The number of hydrogen-bond donors (Lipinski definition) is 1. The minimum atomic E-state index is -4.12. The fourth-order valence-electron chi connectivity index (χ4n) is 3.55. The van der Waals surface area contributed by atoms with E-state index >= 15 is 0 Å². The van der Waals surface area contributed by atoms with Crippen molar-refractivity contribution in [1.82, 2.24) is 9.80 Å². The van der Waals surface area contributed by atoms with Gasteiger partial charge in [0.25, 0.3) is 15.9 Å². The van der Waals surface area contributed by atoms with Crippen LogP contribution in [0, 0.1) is 5.82 Å². The molecule has 1 N–H and O–H groups in total. The van der Waals surface area contributed by atoms with Crippen LogP contribution < -0.4 is 4.72 Å². The SMILES string of the molecule is O=C([C@H]1CSCN1C(=O)c1cccc(S(=O)(=O)Nc2ccccc2F)c1)N1CCOCC1. The van der Waals surface area contributed by atoms with E-state index in [4.69, 9.17) is 4.74 Å². The summed E-state index contributed by atoms with van der Waals surface area (Å²) in [6.07, 6.45) is 0. The zero-order valence-electron chi connectivity index (χ0n) is 17.1. The van der Waals surface area contributed by atoms with Gasteiger partial charge in [-0.1, -0.05) is 18.2 Å². The average molecular weight is 480 g/mol. The molecule has 170 valence electrons. The van der Waals surface area contributed by atoms with Crippen LogP contribution >= 0.6 is 11.8 Å². The van der Waals surface area contributed by atoms with Gasteiger partial charge >= 0.3 is 0 Å². The van der Waals surface area contributed by atoms with E-state index < -0.39 is 27.8 Å². The fourth-order valence-corrected chi connectivity index (χ4v) is 5.81. The first kappa shape index (κ1) is 22.6. The van der Waals surface area contributed by atoms with E-state index in [1.54, 1.807) is 4.90 Å². The lowest BCUT2D eigenvalue weighted by Gasteiger charge is -2.32. The largest absolute Gasteiger partial charge is 0.378 e. The molecular formula is C21H22FN3O5S2. The van der Waals surface area contributed by atoms with E-state index in [1.807, 2.05) is 0 Å². The molecule has 0 unspecified atom stereocenters. The molecule has 0 saturated carbocycles. The topological polar surface area (TPSA) is 96.0 Å². The van der Waals surface area contributed by atoms with Gasteiger partial charge in [-0.2, -0.15) is 0 Å². The number of nitrogens with one attached hydrogen (secondary N) is 1. The third-order valence-electron chi connectivity index (χ3n) is 5.26. The maximum atomic E-state index is 13.9. The van der Waals surface area contributed by atoms with Crippen LogP contribution in [0.4, 0.5) is 10.1 Å². The number of anilines is 1. The molecule has 2 aromatic rings. The van der Waals surface area contributed by atoms with Gasteiger partial charge in [0.2, 0.25) is 5.91 Å². The number of nitrogens with zero attached hydrogens (tertiary/aromatic N) is 2. The summed E-state index contributed by atoms with van der Waals surface area (Å²) in [7, 11) is -4.12. The molecule has 2 aliphatic heterocycles. The second kappa shape index (κ2) is 9.47. The highest BCUT2D eigenvalue weighted by Gasteiger charge is 2.38. The molecule has 0 aliphatic carbocycles. The second-order valence-electron chi connectivity index (χ2n) is 7.34. The zero-order valence-corrected chi connectivity index (χ0v) is 18.7. The van der Waals surface area contributed by atoms with Crippen molar-refractivity contribution in [3.63, 3.8) is 0 Å². The molecule has 11 heteroatoms. The highest BCUT2D eigenvalue weighted by molar-refractivity contribution is 7.99. The van der Waals surface area contributed by atoms with Crippen LogP contribution in [0.2, 0.25) is 0 Å². The van der Waals surface area contributed by atoms with Gasteiger partial charge in [0.15, 0.2) is 0 Å². The van der Waals surface area contributed by atoms with Crippen molar-refractivity contribution in [3.8, 4) is 0 Å². The molecule has 1 atom stereocenters. The number of hydrogen-bond acceptors (Lipinski definition) is 6. The maximum absolute atomic E-state index is 13.9. The van der Waals surface area contributed by atoms with Crippen LogP contribution in [-0.2, 0) is 19.6 Å². The standard InChI is InChI=1S/C21H22FN3O5S2/c22-17-6-1-2-7-18(17)23-32(28,29)16-5-3-4-15(12-16)20(26)25-14-31-13-19(25)21(27)24-8-10-30-11-9-24/h1-7,12,19,23H,8-11,13-14H2/t19-/m1/s1. The lowest BCUT2D eigenvalue weighted by molar-refractivity contribution is -0.138. The summed E-state index contributed by atoms with van der Waals surface area (Å²) < 4.78 is 46.9. The smallest absolute Gasteiger partial charge is 0.262 e. The summed E-state index contributed by atoms with van der Waals surface area (Å²) >= 11 is 1.47. The summed E-state index contributed by atoms with van der Waals surface area (Å²) in [6, 6.07) is 10.3. The number of morpholine rings is 1. The predicted molar refractivity (Wildman–Crippen MR) is 118 cm³/mol. The number of rotatable bonds is 5. The number of benzene rings is 2. The summed E-state index contributed by atoms with van der Waals surface area (Å²) in [4.78, 5) is 29.1. The van der Waals surface area contributed by atoms with Crippen molar-refractivity contribution >= 4 is 39.3 Å². The van der Waals surface area contributed by atoms with Gasteiger partial charge in [-0.3, -0.25) is 14.3 Å². The first-order valence-electron chi connectivity index (χ1n) is 9.99. The molecule has 2 saturated heterocycles. The Kier molecular flexibility index (Phi) is 6.68. The van der Waals surface area contributed by atoms with Crippen LogP contribution in [0.25, 0.3) is 0 Å². The Labute approximate surface area is 189 Å². The van der Waals surface area contributed by atoms with Crippen LogP contribution in [0.1, 0.15) is 10.4 Å². The third-order valence-corrected chi connectivity index (χ3v) is 7.64. The van der Waals surface area contributed by atoms with E-state index in [1.165, 1.54) is 59.1 Å².